The summed E-state index contributed by atoms with van der Waals surface area (Å²) in [4.78, 5) is 16.3. The predicted octanol–water partition coefficient (Wildman–Crippen LogP) is 2.65. The molecule has 0 unspecified atom stereocenters. The first-order valence-corrected chi connectivity index (χ1v) is 7.45. The van der Waals surface area contributed by atoms with Crippen LogP contribution in [0.5, 0.6) is 0 Å². The first-order valence-electron chi connectivity index (χ1n) is 7.45. The van der Waals surface area contributed by atoms with Crippen LogP contribution in [0.4, 0.5) is 0 Å². The average Bonchev–Trinajstić information content (AvgIpc) is 2.68. The molecule has 1 heterocycles. The van der Waals surface area contributed by atoms with E-state index in [4.69, 9.17) is 0 Å². The van der Waals surface area contributed by atoms with Gasteiger partial charge in [0.1, 0.15) is 5.82 Å². The van der Waals surface area contributed by atoms with E-state index in [2.05, 4.69) is 20.9 Å². The van der Waals surface area contributed by atoms with E-state index >= 15 is 0 Å². The van der Waals surface area contributed by atoms with Gasteiger partial charge in [-0.05, 0) is 38.3 Å². The van der Waals surface area contributed by atoms with Crippen molar-refractivity contribution < 1.29 is 4.79 Å². The second-order valence-electron chi connectivity index (χ2n) is 5.57. The molecule has 3 rings (SSSR count). The molecule has 0 spiro atoms. The standard InChI is InChI=1S/C16H21N3O/c1-12-18-14-8-2-3-9-15(14)19(12)11-5-10-17-16(20)13-6-4-7-13/h2-3,8-9,13H,4-7,10-11H2,1H3,(H,17,20). The van der Waals surface area contributed by atoms with E-state index in [9.17, 15) is 4.79 Å². The molecule has 4 nitrogen and oxygen atoms in total. The Bertz CT molecular complexity index is 613. The number of benzene rings is 1. The van der Waals surface area contributed by atoms with Gasteiger partial charge in [-0.2, -0.15) is 0 Å². The van der Waals surface area contributed by atoms with Gasteiger partial charge in [-0.1, -0.05) is 18.6 Å². The third kappa shape index (κ3) is 2.55. The van der Waals surface area contributed by atoms with Crippen LogP contribution in [-0.2, 0) is 11.3 Å². The number of hydrogen-bond acceptors (Lipinski definition) is 2. The summed E-state index contributed by atoms with van der Waals surface area (Å²) in [5.41, 5.74) is 2.22. The first-order chi connectivity index (χ1) is 9.75. The highest BCUT2D eigenvalue weighted by Gasteiger charge is 2.24. The number of fused-ring (bicyclic) bond motifs is 1. The number of carbonyl (C=O) groups is 1. The van der Waals surface area contributed by atoms with Crippen molar-refractivity contribution in [3.05, 3.63) is 30.1 Å². The number of imidazole rings is 1. The second kappa shape index (κ2) is 5.65. The molecule has 0 atom stereocenters. The Morgan fingerprint density at radius 3 is 2.95 bits per heavy atom. The Morgan fingerprint density at radius 1 is 1.40 bits per heavy atom. The molecule has 1 aliphatic carbocycles. The van der Waals surface area contributed by atoms with Crippen molar-refractivity contribution in [1.29, 1.82) is 0 Å². The van der Waals surface area contributed by atoms with E-state index in [0.717, 1.165) is 43.7 Å². The normalized spacial score (nSPS) is 15.2. The quantitative estimate of drug-likeness (QED) is 0.850. The first kappa shape index (κ1) is 13.2. The minimum absolute atomic E-state index is 0.239. The van der Waals surface area contributed by atoms with Crippen LogP contribution in [-0.4, -0.2) is 22.0 Å². The number of aromatic nitrogens is 2. The SMILES string of the molecule is Cc1nc2ccccc2n1CCCNC(=O)C1CCC1. The molecule has 1 aliphatic rings. The number of aryl methyl sites for hydroxylation is 2. The van der Waals surface area contributed by atoms with Gasteiger partial charge in [-0.15, -0.1) is 0 Å². The highest BCUT2D eigenvalue weighted by atomic mass is 16.1. The van der Waals surface area contributed by atoms with E-state index in [-0.39, 0.29) is 11.8 Å². The molecule has 4 heteroatoms. The van der Waals surface area contributed by atoms with Crippen LogP contribution in [0.25, 0.3) is 11.0 Å². The maximum absolute atomic E-state index is 11.7. The lowest BCUT2D eigenvalue weighted by molar-refractivity contribution is -0.127. The molecule has 0 radical (unpaired) electrons. The molecule has 1 fully saturated rings. The summed E-state index contributed by atoms with van der Waals surface area (Å²) in [5, 5.41) is 3.04. The maximum Gasteiger partial charge on any atom is 0.223 e. The van der Waals surface area contributed by atoms with Crippen molar-refractivity contribution >= 4 is 16.9 Å². The minimum atomic E-state index is 0.239. The summed E-state index contributed by atoms with van der Waals surface area (Å²) in [6, 6.07) is 8.19. The molecular formula is C16H21N3O. The van der Waals surface area contributed by atoms with E-state index in [1.54, 1.807) is 0 Å². The van der Waals surface area contributed by atoms with E-state index < -0.39 is 0 Å². The van der Waals surface area contributed by atoms with Crippen LogP contribution >= 0.6 is 0 Å². The highest BCUT2D eigenvalue weighted by Crippen LogP contribution is 2.26. The molecular weight excluding hydrogens is 250 g/mol. The van der Waals surface area contributed by atoms with Gasteiger partial charge >= 0.3 is 0 Å². The van der Waals surface area contributed by atoms with Crippen molar-refractivity contribution in [3.63, 3.8) is 0 Å². The molecule has 0 aliphatic heterocycles. The number of amides is 1. The maximum atomic E-state index is 11.7. The molecule has 0 saturated heterocycles. The number of rotatable bonds is 5. The summed E-state index contributed by atoms with van der Waals surface area (Å²) in [6.45, 7) is 3.69. The largest absolute Gasteiger partial charge is 0.356 e. The minimum Gasteiger partial charge on any atom is -0.356 e. The molecule has 1 amide bonds. The van der Waals surface area contributed by atoms with E-state index in [0.29, 0.717) is 0 Å². The summed E-state index contributed by atoms with van der Waals surface area (Å²) in [5.74, 6) is 1.56. The zero-order valence-electron chi connectivity index (χ0n) is 11.9. The highest BCUT2D eigenvalue weighted by molar-refractivity contribution is 5.79. The smallest absolute Gasteiger partial charge is 0.223 e. The van der Waals surface area contributed by atoms with Gasteiger partial charge in [0.05, 0.1) is 11.0 Å². The third-order valence-corrected chi connectivity index (χ3v) is 4.18. The van der Waals surface area contributed by atoms with Crippen LogP contribution in [0.3, 0.4) is 0 Å². The van der Waals surface area contributed by atoms with E-state index in [1.807, 2.05) is 25.1 Å². The lowest BCUT2D eigenvalue weighted by atomic mass is 9.85. The Morgan fingerprint density at radius 2 is 2.20 bits per heavy atom. The third-order valence-electron chi connectivity index (χ3n) is 4.18. The van der Waals surface area contributed by atoms with Crippen LogP contribution in [0, 0.1) is 12.8 Å². The molecule has 106 valence electrons. The number of carbonyl (C=O) groups excluding carboxylic acids is 1. The van der Waals surface area contributed by atoms with Crippen LogP contribution in [0.1, 0.15) is 31.5 Å². The summed E-state index contributed by atoms with van der Waals surface area (Å²) in [7, 11) is 0. The Balaban J connectivity index is 1.54. The van der Waals surface area contributed by atoms with Crippen molar-refractivity contribution in [2.45, 2.75) is 39.2 Å². The van der Waals surface area contributed by atoms with Crippen molar-refractivity contribution in [2.75, 3.05) is 6.54 Å². The van der Waals surface area contributed by atoms with Crippen molar-refractivity contribution in [3.8, 4) is 0 Å². The number of nitrogens with zero attached hydrogens (tertiary/aromatic N) is 2. The van der Waals surface area contributed by atoms with Gasteiger partial charge in [0, 0.05) is 19.0 Å². The van der Waals surface area contributed by atoms with Crippen molar-refractivity contribution in [1.82, 2.24) is 14.9 Å². The van der Waals surface area contributed by atoms with Gasteiger partial charge in [0.2, 0.25) is 5.91 Å². The molecule has 0 bridgehead atoms. The lowest BCUT2D eigenvalue weighted by Crippen LogP contribution is -2.35. The fraction of sp³-hybridized carbons (Fsp3) is 0.500. The number of nitrogens with one attached hydrogen (secondary N) is 1. The molecule has 1 N–H and O–H groups in total. The van der Waals surface area contributed by atoms with Gasteiger partial charge in [-0.3, -0.25) is 4.79 Å². The molecule has 1 aromatic carbocycles. The molecule has 1 saturated carbocycles. The zero-order valence-corrected chi connectivity index (χ0v) is 11.9. The monoisotopic (exact) mass is 271 g/mol. The Hall–Kier alpha value is -1.84. The van der Waals surface area contributed by atoms with Crippen molar-refractivity contribution in [2.24, 2.45) is 5.92 Å². The van der Waals surface area contributed by atoms with Gasteiger partial charge in [-0.25, -0.2) is 4.98 Å². The number of para-hydroxylation sites is 2. The fourth-order valence-electron chi connectivity index (χ4n) is 2.74. The van der Waals surface area contributed by atoms with Gasteiger partial charge in [0.25, 0.3) is 0 Å². The molecule has 20 heavy (non-hydrogen) atoms. The average molecular weight is 271 g/mol. The Labute approximate surface area is 119 Å². The van der Waals surface area contributed by atoms with Gasteiger partial charge < -0.3 is 9.88 Å². The van der Waals surface area contributed by atoms with Crippen LogP contribution in [0.2, 0.25) is 0 Å². The summed E-state index contributed by atoms with van der Waals surface area (Å²) in [6.07, 6.45) is 4.28. The zero-order chi connectivity index (χ0) is 13.9. The summed E-state index contributed by atoms with van der Waals surface area (Å²) >= 11 is 0. The lowest BCUT2D eigenvalue weighted by Gasteiger charge is -2.24. The van der Waals surface area contributed by atoms with Crippen LogP contribution < -0.4 is 5.32 Å². The second-order valence-corrected chi connectivity index (χ2v) is 5.57. The van der Waals surface area contributed by atoms with Gasteiger partial charge in [0.15, 0.2) is 0 Å². The van der Waals surface area contributed by atoms with E-state index in [1.165, 1.54) is 11.9 Å². The topological polar surface area (TPSA) is 46.9 Å². The molecule has 1 aromatic heterocycles. The van der Waals surface area contributed by atoms with Crippen LogP contribution in [0.15, 0.2) is 24.3 Å². The fourth-order valence-corrected chi connectivity index (χ4v) is 2.74. The summed E-state index contributed by atoms with van der Waals surface area (Å²) < 4.78 is 2.23. The predicted molar refractivity (Wildman–Crippen MR) is 79.4 cm³/mol. The molecule has 2 aromatic rings. The number of hydrogen-bond donors (Lipinski definition) is 1. The Kier molecular flexibility index (Phi) is 3.72.